The molecule has 3 aromatic rings. The SMILES string of the molecule is Cc1sc2nc(SCC(=O)Nc3ccc(Br)cn3)n(C(C)C)c(=O)c2c1C. The van der Waals surface area contributed by atoms with Gasteiger partial charge in [-0.2, -0.15) is 0 Å². The van der Waals surface area contributed by atoms with Crippen molar-refractivity contribution in [3.63, 3.8) is 0 Å². The zero-order valence-electron chi connectivity index (χ0n) is 15.4. The average molecular weight is 467 g/mol. The first kappa shape index (κ1) is 20.0. The number of thioether (sulfide) groups is 1. The second-order valence-corrected chi connectivity index (χ2v) is 9.39. The van der Waals surface area contributed by atoms with Crippen LogP contribution in [0.5, 0.6) is 0 Å². The molecule has 3 heterocycles. The third-order valence-corrected chi connectivity index (χ3v) is 6.57. The fourth-order valence-electron chi connectivity index (χ4n) is 2.60. The smallest absolute Gasteiger partial charge is 0.263 e. The number of aryl methyl sites for hydroxylation is 2. The molecule has 1 N–H and O–H groups in total. The van der Waals surface area contributed by atoms with Crippen LogP contribution in [0.1, 0.15) is 30.3 Å². The average Bonchev–Trinajstić information content (AvgIpc) is 2.89. The highest BCUT2D eigenvalue weighted by Crippen LogP contribution is 2.29. The van der Waals surface area contributed by atoms with Crippen LogP contribution in [0.15, 0.2) is 32.8 Å². The fraction of sp³-hybridized carbons (Fsp3) is 0.333. The minimum atomic E-state index is -0.196. The Morgan fingerprint density at radius 2 is 2.11 bits per heavy atom. The molecule has 0 saturated carbocycles. The third-order valence-electron chi connectivity index (χ3n) is 4.05. The van der Waals surface area contributed by atoms with Crippen LogP contribution in [0.4, 0.5) is 5.82 Å². The molecule has 3 rings (SSSR count). The van der Waals surface area contributed by atoms with E-state index in [1.165, 1.54) is 23.1 Å². The second kappa shape index (κ2) is 8.12. The highest BCUT2D eigenvalue weighted by Gasteiger charge is 2.19. The van der Waals surface area contributed by atoms with Crippen molar-refractivity contribution in [2.75, 3.05) is 11.1 Å². The lowest BCUT2D eigenvalue weighted by Gasteiger charge is -2.15. The molecule has 0 fully saturated rings. The molecular formula is C18H19BrN4O2S2. The molecule has 27 heavy (non-hydrogen) atoms. The number of halogens is 1. The maximum atomic E-state index is 13.0. The summed E-state index contributed by atoms with van der Waals surface area (Å²) in [6, 6.07) is 3.48. The summed E-state index contributed by atoms with van der Waals surface area (Å²) in [5.74, 6) is 0.433. The summed E-state index contributed by atoms with van der Waals surface area (Å²) in [5, 5.41) is 3.99. The summed E-state index contributed by atoms with van der Waals surface area (Å²) < 4.78 is 2.51. The van der Waals surface area contributed by atoms with Crippen molar-refractivity contribution in [3.8, 4) is 0 Å². The van der Waals surface area contributed by atoms with E-state index in [0.29, 0.717) is 16.4 Å². The molecule has 0 atom stereocenters. The number of thiophene rings is 1. The molecule has 0 aromatic carbocycles. The highest BCUT2D eigenvalue weighted by atomic mass is 79.9. The van der Waals surface area contributed by atoms with E-state index in [1.807, 2.05) is 33.8 Å². The minimum Gasteiger partial charge on any atom is -0.310 e. The van der Waals surface area contributed by atoms with Crippen molar-refractivity contribution < 1.29 is 4.79 Å². The number of carbonyl (C=O) groups excluding carboxylic acids is 1. The standard InChI is InChI=1S/C18H19BrN4O2S2/c1-9(2)23-17(25)15-10(3)11(4)27-16(15)22-18(23)26-8-14(24)21-13-6-5-12(19)7-20-13/h5-7,9H,8H2,1-4H3,(H,20,21,24). The van der Waals surface area contributed by atoms with Crippen LogP contribution in [0.2, 0.25) is 0 Å². The van der Waals surface area contributed by atoms with E-state index in [4.69, 9.17) is 0 Å². The summed E-state index contributed by atoms with van der Waals surface area (Å²) in [5.41, 5.74) is 0.937. The van der Waals surface area contributed by atoms with Gasteiger partial charge in [0.05, 0.1) is 11.1 Å². The predicted molar refractivity (Wildman–Crippen MR) is 115 cm³/mol. The normalized spacial score (nSPS) is 11.3. The quantitative estimate of drug-likeness (QED) is 0.440. The van der Waals surface area contributed by atoms with Gasteiger partial charge in [0.2, 0.25) is 5.91 Å². The molecule has 0 spiro atoms. The number of fused-ring (bicyclic) bond motifs is 1. The van der Waals surface area contributed by atoms with E-state index in [-0.39, 0.29) is 23.3 Å². The highest BCUT2D eigenvalue weighted by molar-refractivity contribution is 9.10. The zero-order valence-corrected chi connectivity index (χ0v) is 18.6. The van der Waals surface area contributed by atoms with Crippen molar-refractivity contribution >= 4 is 61.0 Å². The number of carbonyl (C=O) groups is 1. The van der Waals surface area contributed by atoms with Crippen LogP contribution < -0.4 is 10.9 Å². The molecule has 0 bridgehead atoms. The van der Waals surface area contributed by atoms with Gasteiger partial charge < -0.3 is 5.32 Å². The maximum absolute atomic E-state index is 13.0. The number of nitrogens with one attached hydrogen (secondary N) is 1. The number of hydrogen-bond acceptors (Lipinski definition) is 6. The number of pyridine rings is 1. The van der Waals surface area contributed by atoms with Gasteiger partial charge in [0, 0.05) is 21.6 Å². The van der Waals surface area contributed by atoms with Gasteiger partial charge in [-0.1, -0.05) is 11.8 Å². The van der Waals surface area contributed by atoms with Gasteiger partial charge in [-0.15, -0.1) is 11.3 Å². The van der Waals surface area contributed by atoms with Crippen LogP contribution in [0, 0.1) is 13.8 Å². The van der Waals surface area contributed by atoms with Crippen LogP contribution in [0.3, 0.4) is 0 Å². The summed E-state index contributed by atoms with van der Waals surface area (Å²) in [6.45, 7) is 7.83. The Balaban J connectivity index is 1.85. The number of amides is 1. The molecule has 0 radical (unpaired) electrons. The Bertz CT molecular complexity index is 1060. The van der Waals surface area contributed by atoms with Crippen LogP contribution in [-0.2, 0) is 4.79 Å². The van der Waals surface area contributed by atoms with Gasteiger partial charge in [0.25, 0.3) is 5.56 Å². The first-order valence-corrected chi connectivity index (χ1v) is 10.9. The van der Waals surface area contributed by atoms with Crippen LogP contribution in [-0.4, -0.2) is 26.2 Å². The molecule has 1 amide bonds. The maximum Gasteiger partial charge on any atom is 0.263 e. The van der Waals surface area contributed by atoms with Gasteiger partial charge in [0.1, 0.15) is 10.6 Å². The van der Waals surface area contributed by atoms with E-state index in [9.17, 15) is 9.59 Å². The Hall–Kier alpha value is -1.71. The minimum absolute atomic E-state index is 0.0469. The first-order chi connectivity index (χ1) is 12.8. The largest absolute Gasteiger partial charge is 0.310 e. The lowest BCUT2D eigenvalue weighted by Crippen LogP contribution is -2.25. The van der Waals surface area contributed by atoms with Gasteiger partial charge in [0.15, 0.2) is 5.16 Å². The number of anilines is 1. The Labute approximate surface area is 173 Å². The molecule has 3 aromatic heterocycles. The lowest BCUT2D eigenvalue weighted by molar-refractivity contribution is -0.113. The van der Waals surface area contributed by atoms with Crippen molar-refractivity contribution in [1.29, 1.82) is 0 Å². The number of hydrogen-bond donors (Lipinski definition) is 1. The van der Waals surface area contributed by atoms with E-state index in [0.717, 1.165) is 19.7 Å². The molecule has 0 aliphatic carbocycles. The summed E-state index contributed by atoms with van der Waals surface area (Å²) >= 11 is 6.08. The molecule has 0 aliphatic heterocycles. The molecule has 0 unspecified atom stereocenters. The van der Waals surface area contributed by atoms with E-state index in [2.05, 4.69) is 31.2 Å². The number of nitrogens with zero attached hydrogens (tertiary/aromatic N) is 3. The Morgan fingerprint density at radius 3 is 2.74 bits per heavy atom. The molecule has 0 aliphatic rings. The Morgan fingerprint density at radius 1 is 1.37 bits per heavy atom. The molecule has 0 saturated heterocycles. The molecule has 6 nitrogen and oxygen atoms in total. The topological polar surface area (TPSA) is 76.9 Å². The van der Waals surface area contributed by atoms with Gasteiger partial charge in [-0.25, -0.2) is 9.97 Å². The summed E-state index contributed by atoms with van der Waals surface area (Å²) in [6.07, 6.45) is 1.62. The van der Waals surface area contributed by atoms with Gasteiger partial charge in [-0.3, -0.25) is 14.2 Å². The zero-order chi connectivity index (χ0) is 19.7. The molecule has 142 valence electrons. The van der Waals surface area contributed by atoms with Gasteiger partial charge >= 0.3 is 0 Å². The molecule has 9 heteroatoms. The summed E-state index contributed by atoms with van der Waals surface area (Å²) in [7, 11) is 0. The van der Waals surface area contributed by atoms with Crippen LogP contribution in [0.25, 0.3) is 10.2 Å². The second-order valence-electron chi connectivity index (χ2n) is 6.33. The van der Waals surface area contributed by atoms with Crippen molar-refractivity contribution in [2.45, 2.75) is 38.9 Å². The van der Waals surface area contributed by atoms with Crippen molar-refractivity contribution in [1.82, 2.24) is 14.5 Å². The monoisotopic (exact) mass is 466 g/mol. The third kappa shape index (κ3) is 4.25. The summed E-state index contributed by atoms with van der Waals surface area (Å²) in [4.78, 5) is 35.9. The van der Waals surface area contributed by atoms with Crippen molar-refractivity contribution in [2.24, 2.45) is 0 Å². The van der Waals surface area contributed by atoms with E-state index < -0.39 is 0 Å². The predicted octanol–water partition coefficient (Wildman–Crippen LogP) is 4.54. The Kier molecular flexibility index (Phi) is 6.02. The fourth-order valence-corrected chi connectivity index (χ4v) is 4.84. The van der Waals surface area contributed by atoms with E-state index in [1.54, 1.807) is 16.8 Å². The van der Waals surface area contributed by atoms with E-state index >= 15 is 0 Å². The number of rotatable bonds is 5. The lowest BCUT2D eigenvalue weighted by atomic mass is 10.2. The number of aromatic nitrogens is 3. The first-order valence-electron chi connectivity index (χ1n) is 8.34. The van der Waals surface area contributed by atoms with Crippen molar-refractivity contribution in [3.05, 3.63) is 43.6 Å². The van der Waals surface area contributed by atoms with Gasteiger partial charge in [-0.05, 0) is 61.3 Å². The van der Waals surface area contributed by atoms with Crippen LogP contribution >= 0.6 is 39.0 Å². The molecular weight excluding hydrogens is 448 g/mol.